The van der Waals surface area contributed by atoms with Crippen molar-refractivity contribution in [3.05, 3.63) is 149 Å². The molecule has 1 unspecified atom stereocenters. The second kappa shape index (κ2) is 17.2. The molecular weight excluding hydrogens is 755 g/mol. The molecule has 1 heterocycles. The molecule has 296 valence electrons. The molecule has 6 aromatic rings. The van der Waals surface area contributed by atoms with Gasteiger partial charge in [0.2, 0.25) is 0 Å². The molecule has 0 radical (unpaired) electrons. The molecule has 11 nitrogen and oxygen atoms in total. The van der Waals surface area contributed by atoms with Gasteiger partial charge in [0.25, 0.3) is 0 Å². The summed E-state index contributed by atoms with van der Waals surface area (Å²) >= 11 is 0. The molecule has 1 aromatic heterocycles. The molecular formula is C43H42F2N3O8P. The highest BCUT2D eigenvalue weighted by Gasteiger charge is 2.46. The van der Waals surface area contributed by atoms with Crippen LogP contribution < -0.4 is 4.74 Å². The first kappa shape index (κ1) is 40.9. The molecule has 0 fully saturated rings. The molecule has 6 rings (SSSR count). The van der Waals surface area contributed by atoms with Gasteiger partial charge in [0.1, 0.15) is 23.5 Å². The van der Waals surface area contributed by atoms with Crippen LogP contribution in [0.4, 0.5) is 9.05 Å². The molecule has 0 aliphatic carbocycles. The zero-order valence-electron chi connectivity index (χ0n) is 32.1. The molecule has 0 aliphatic rings. The van der Waals surface area contributed by atoms with E-state index in [2.05, 4.69) is 19.8 Å². The molecule has 0 saturated carbocycles. The number of carbonyl (C=O) groups is 2. The van der Waals surface area contributed by atoms with Crippen molar-refractivity contribution < 1.29 is 46.9 Å². The summed E-state index contributed by atoms with van der Waals surface area (Å²) in [4.78, 5) is 27.9. The highest BCUT2D eigenvalue weighted by molar-refractivity contribution is 7.52. The van der Waals surface area contributed by atoms with E-state index in [-0.39, 0.29) is 24.7 Å². The van der Waals surface area contributed by atoms with E-state index < -0.39 is 36.8 Å². The third kappa shape index (κ3) is 9.62. The maximum absolute atomic E-state index is 14.8. The number of esters is 2. The van der Waals surface area contributed by atoms with Crippen LogP contribution in [0, 0.1) is 0 Å². The predicted octanol–water partition coefficient (Wildman–Crippen LogP) is 10.1. The van der Waals surface area contributed by atoms with Crippen LogP contribution in [0.5, 0.6) is 5.75 Å². The lowest BCUT2D eigenvalue weighted by Crippen LogP contribution is -2.47. The number of ether oxygens (including phenoxy) is 3. The second-order valence-electron chi connectivity index (χ2n) is 14.8. The minimum Gasteiger partial charge on any atom is -0.491 e. The van der Waals surface area contributed by atoms with E-state index in [1.54, 1.807) is 59.3 Å². The van der Waals surface area contributed by atoms with Crippen molar-refractivity contribution in [3.8, 4) is 16.9 Å². The third-order valence-corrected chi connectivity index (χ3v) is 10.1. The second-order valence-corrected chi connectivity index (χ2v) is 16.6. The summed E-state index contributed by atoms with van der Waals surface area (Å²) in [6.07, 6.45) is -0.753. The normalized spacial score (nSPS) is 13.0. The molecule has 0 bridgehead atoms. The van der Waals surface area contributed by atoms with Gasteiger partial charge in [-0.3, -0.25) is 4.57 Å². The van der Waals surface area contributed by atoms with E-state index in [0.29, 0.717) is 39.0 Å². The molecule has 14 heteroatoms. The van der Waals surface area contributed by atoms with Gasteiger partial charge in [0.05, 0.1) is 23.3 Å². The van der Waals surface area contributed by atoms with E-state index in [9.17, 15) is 23.2 Å². The largest absolute Gasteiger partial charge is 0.491 e. The summed E-state index contributed by atoms with van der Waals surface area (Å²) in [5, 5.41) is 8.84. The third-order valence-electron chi connectivity index (χ3n) is 8.94. The summed E-state index contributed by atoms with van der Waals surface area (Å²) in [6.45, 7) is 9.13. The Hall–Kier alpha value is -5.75. The maximum atomic E-state index is 14.8. The Balaban J connectivity index is 1.33. The van der Waals surface area contributed by atoms with Crippen molar-refractivity contribution in [2.24, 2.45) is 0 Å². The van der Waals surface area contributed by atoms with Crippen LogP contribution in [0.15, 0.2) is 121 Å². The standard InChI is InChI=1S/C43H42F2N3O8P/c1-29(2)53-37-24-34(23-35(25-37)40(49)54-42(3,4)5)33-21-19-31(20-22-33)27-52-41(50)43(36-11-7-6-8-12-36,48-39-14-10-9-13-38(39)46-47-48)26-30-15-17-32(18-16-30)28-57(51,55-44)56-45/h6-25,29H,26-28H2,1-5H3. The topological polar surface area (TPSA) is 128 Å². The Morgan fingerprint density at radius 3 is 2.05 bits per heavy atom. The number of fused-ring (bicyclic) bond motifs is 1. The maximum Gasteiger partial charge on any atom is 0.399 e. The van der Waals surface area contributed by atoms with Crippen LogP contribution in [0.3, 0.4) is 0 Å². The summed E-state index contributed by atoms with van der Waals surface area (Å²) in [5.74, 6) is -0.571. The highest BCUT2D eigenvalue weighted by atomic mass is 31.2. The van der Waals surface area contributed by atoms with Gasteiger partial charge in [-0.2, -0.15) is 0 Å². The summed E-state index contributed by atoms with van der Waals surface area (Å²) < 4.78 is 63.6. The van der Waals surface area contributed by atoms with Gasteiger partial charge in [-0.25, -0.2) is 14.3 Å². The number of para-hydroxylation sites is 1. The average Bonchev–Trinajstić information content (AvgIpc) is 3.64. The van der Waals surface area contributed by atoms with Gasteiger partial charge in [0.15, 0.2) is 5.54 Å². The first-order valence-electron chi connectivity index (χ1n) is 18.2. The van der Waals surface area contributed by atoms with Gasteiger partial charge < -0.3 is 14.2 Å². The van der Waals surface area contributed by atoms with Crippen LogP contribution in [-0.4, -0.2) is 38.6 Å². The van der Waals surface area contributed by atoms with Gasteiger partial charge in [-0.15, -0.1) is 14.6 Å². The van der Waals surface area contributed by atoms with Crippen LogP contribution in [0.25, 0.3) is 22.2 Å². The number of carbonyl (C=O) groups excluding carboxylic acids is 2. The molecule has 5 aromatic carbocycles. The monoisotopic (exact) mass is 797 g/mol. The van der Waals surface area contributed by atoms with E-state index in [0.717, 1.165) is 11.1 Å². The number of rotatable bonds is 15. The smallest absolute Gasteiger partial charge is 0.399 e. The lowest BCUT2D eigenvalue weighted by molar-refractivity contribution is -0.154. The van der Waals surface area contributed by atoms with Crippen molar-refractivity contribution in [3.63, 3.8) is 0 Å². The molecule has 0 N–H and O–H groups in total. The zero-order chi connectivity index (χ0) is 40.8. The fraction of sp³-hybridized carbons (Fsp3) is 0.256. The van der Waals surface area contributed by atoms with Crippen LogP contribution >= 0.6 is 7.60 Å². The fourth-order valence-corrected chi connectivity index (χ4v) is 7.18. The van der Waals surface area contributed by atoms with E-state index in [4.69, 9.17) is 14.2 Å². The minimum atomic E-state index is -4.62. The number of benzene rings is 5. The van der Waals surface area contributed by atoms with Crippen molar-refractivity contribution in [1.29, 1.82) is 0 Å². The van der Waals surface area contributed by atoms with Crippen LogP contribution in [0.2, 0.25) is 0 Å². The Labute approximate surface area is 328 Å². The Bertz CT molecular complexity index is 2370. The lowest BCUT2D eigenvalue weighted by Gasteiger charge is -2.33. The summed E-state index contributed by atoms with van der Waals surface area (Å²) in [6, 6.07) is 35.3. The van der Waals surface area contributed by atoms with Crippen molar-refractivity contribution in [2.45, 2.75) is 71.1 Å². The SMILES string of the molecule is CC(C)Oc1cc(C(=O)OC(C)(C)C)cc(-c2ccc(COC(=O)C(Cc3ccc(CP(=O)(OF)OF)cc3)(c3ccccc3)n3nnc4ccccc43)cc2)c1. The molecule has 0 amide bonds. The lowest BCUT2D eigenvalue weighted by atomic mass is 9.83. The summed E-state index contributed by atoms with van der Waals surface area (Å²) in [5.41, 5.74) is 2.91. The first-order chi connectivity index (χ1) is 27.2. The van der Waals surface area contributed by atoms with Crippen molar-refractivity contribution in [1.82, 2.24) is 15.0 Å². The van der Waals surface area contributed by atoms with Crippen LogP contribution in [-0.2, 0) is 53.0 Å². The number of hydrogen-bond acceptors (Lipinski definition) is 10. The Morgan fingerprint density at radius 2 is 1.40 bits per heavy atom. The first-order valence-corrected chi connectivity index (χ1v) is 19.9. The molecule has 0 saturated heterocycles. The van der Waals surface area contributed by atoms with Gasteiger partial charge >= 0.3 is 19.5 Å². The average molecular weight is 798 g/mol. The molecule has 0 spiro atoms. The Morgan fingerprint density at radius 1 is 0.772 bits per heavy atom. The van der Waals surface area contributed by atoms with E-state index >= 15 is 0 Å². The summed E-state index contributed by atoms with van der Waals surface area (Å²) in [7, 11) is -4.62. The fourth-order valence-electron chi connectivity index (χ4n) is 6.40. The predicted molar refractivity (Wildman–Crippen MR) is 209 cm³/mol. The Kier molecular flexibility index (Phi) is 12.3. The van der Waals surface area contributed by atoms with Gasteiger partial charge in [-0.05, 0) is 107 Å². The minimum absolute atomic E-state index is 0.0219. The van der Waals surface area contributed by atoms with Crippen LogP contribution in [0.1, 0.15) is 67.2 Å². The number of aromatic nitrogens is 3. The highest BCUT2D eigenvalue weighted by Crippen LogP contribution is 2.52. The van der Waals surface area contributed by atoms with Gasteiger partial charge in [-0.1, -0.05) is 96.2 Å². The molecule has 57 heavy (non-hydrogen) atoms. The quantitative estimate of drug-likeness (QED) is 0.0732. The van der Waals surface area contributed by atoms with Crippen molar-refractivity contribution >= 4 is 30.6 Å². The zero-order valence-corrected chi connectivity index (χ0v) is 33.0. The van der Waals surface area contributed by atoms with Gasteiger partial charge in [0, 0.05) is 6.42 Å². The van der Waals surface area contributed by atoms with E-state index in [1.807, 2.05) is 89.2 Å². The number of halogens is 2. The number of nitrogens with zero attached hydrogens (tertiary/aromatic N) is 3. The van der Waals surface area contributed by atoms with Crippen molar-refractivity contribution in [2.75, 3.05) is 0 Å². The molecule has 1 atom stereocenters. The molecule has 0 aliphatic heterocycles. The van der Waals surface area contributed by atoms with E-state index in [1.165, 1.54) is 12.1 Å². The number of hydrogen-bond donors (Lipinski definition) is 0.